The molecule has 0 aliphatic rings. The summed E-state index contributed by atoms with van der Waals surface area (Å²) in [5, 5.41) is 4.18. The Morgan fingerprint density at radius 1 is 1.30 bits per heavy atom. The van der Waals surface area contributed by atoms with E-state index in [-0.39, 0.29) is 0 Å². The van der Waals surface area contributed by atoms with Gasteiger partial charge in [-0.15, -0.1) is 0 Å². The van der Waals surface area contributed by atoms with Crippen LogP contribution in [0.1, 0.15) is 24.6 Å². The molecule has 2 rings (SSSR count). The molecule has 0 aliphatic carbocycles. The van der Waals surface area contributed by atoms with Gasteiger partial charge in [0.25, 0.3) is 0 Å². The number of aryl methyl sites for hydroxylation is 1. The lowest BCUT2D eigenvalue weighted by Crippen LogP contribution is -2.13. The van der Waals surface area contributed by atoms with Gasteiger partial charge in [0.15, 0.2) is 5.16 Å². The van der Waals surface area contributed by atoms with Crippen molar-refractivity contribution in [3.05, 3.63) is 46.2 Å². The fourth-order valence-corrected chi connectivity index (χ4v) is 3.18. The molecule has 0 radical (unpaired) electrons. The quantitative estimate of drug-likeness (QED) is 0.625. The van der Waals surface area contributed by atoms with E-state index < -0.39 is 0 Å². The number of hydrogen-bond acceptors (Lipinski definition) is 4. The summed E-state index contributed by atoms with van der Waals surface area (Å²) >= 11 is 5.20. The molecule has 2 aromatic rings. The molecular weight excluding hydrogens is 334 g/mol. The Balaban J connectivity index is 2.06. The third-order valence-electron chi connectivity index (χ3n) is 2.73. The van der Waals surface area contributed by atoms with Crippen LogP contribution >= 0.6 is 27.7 Å². The minimum atomic E-state index is 0.780. The summed E-state index contributed by atoms with van der Waals surface area (Å²) in [6, 6.07) is 8.32. The summed E-state index contributed by atoms with van der Waals surface area (Å²) in [6.45, 7) is 6.09. The van der Waals surface area contributed by atoms with Gasteiger partial charge in [-0.2, -0.15) is 0 Å². The van der Waals surface area contributed by atoms with Gasteiger partial charge in [-0.1, -0.05) is 13.0 Å². The van der Waals surface area contributed by atoms with Gasteiger partial charge in [-0.3, -0.25) is 0 Å². The van der Waals surface area contributed by atoms with E-state index in [1.807, 2.05) is 13.0 Å². The van der Waals surface area contributed by atoms with E-state index in [0.717, 1.165) is 39.7 Å². The van der Waals surface area contributed by atoms with E-state index in [2.05, 4.69) is 56.3 Å². The number of rotatable bonds is 6. The van der Waals surface area contributed by atoms with Crippen molar-refractivity contribution in [1.82, 2.24) is 15.3 Å². The summed E-state index contributed by atoms with van der Waals surface area (Å²) in [7, 11) is 0. The molecule has 0 spiro atoms. The molecule has 1 N–H and O–H groups in total. The van der Waals surface area contributed by atoms with Crippen LogP contribution in [0.25, 0.3) is 0 Å². The van der Waals surface area contributed by atoms with E-state index >= 15 is 0 Å². The van der Waals surface area contributed by atoms with Crippen molar-refractivity contribution in [3.63, 3.8) is 0 Å². The van der Waals surface area contributed by atoms with Gasteiger partial charge in [-0.05, 0) is 71.3 Å². The SMILES string of the molecule is CCCNCc1ccc(Sc2nccc(C)n2)c(Br)c1. The molecular formula is C15H18BrN3S. The highest BCUT2D eigenvalue weighted by molar-refractivity contribution is 9.10. The molecule has 0 amide bonds. The summed E-state index contributed by atoms with van der Waals surface area (Å²) < 4.78 is 1.09. The van der Waals surface area contributed by atoms with Gasteiger partial charge < -0.3 is 5.32 Å². The average Bonchev–Trinajstić information content (AvgIpc) is 2.42. The van der Waals surface area contributed by atoms with Gasteiger partial charge in [0.2, 0.25) is 0 Å². The van der Waals surface area contributed by atoms with Crippen LogP contribution in [-0.4, -0.2) is 16.5 Å². The number of nitrogens with zero attached hydrogens (tertiary/aromatic N) is 2. The highest BCUT2D eigenvalue weighted by atomic mass is 79.9. The lowest BCUT2D eigenvalue weighted by Gasteiger charge is -2.07. The molecule has 0 atom stereocenters. The van der Waals surface area contributed by atoms with E-state index in [9.17, 15) is 0 Å². The fourth-order valence-electron chi connectivity index (χ4n) is 1.72. The third kappa shape index (κ3) is 4.58. The van der Waals surface area contributed by atoms with Crippen LogP contribution in [0.2, 0.25) is 0 Å². The maximum Gasteiger partial charge on any atom is 0.192 e. The minimum Gasteiger partial charge on any atom is -0.313 e. The van der Waals surface area contributed by atoms with Gasteiger partial charge in [0.1, 0.15) is 0 Å². The van der Waals surface area contributed by atoms with Crippen LogP contribution in [0.15, 0.2) is 45.0 Å². The molecule has 106 valence electrons. The molecule has 20 heavy (non-hydrogen) atoms. The number of halogens is 1. The van der Waals surface area contributed by atoms with E-state index in [1.165, 1.54) is 5.56 Å². The maximum atomic E-state index is 4.41. The molecule has 0 saturated carbocycles. The van der Waals surface area contributed by atoms with Crippen LogP contribution in [-0.2, 0) is 6.54 Å². The summed E-state index contributed by atoms with van der Waals surface area (Å²) in [6.07, 6.45) is 2.95. The molecule has 1 aromatic carbocycles. The van der Waals surface area contributed by atoms with Gasteiger partial charge >= 0.3 is 0 Å². The highest BCUT2D eigenvalue weighted by Crippen LogP contribution is 2.32. The zero-order valence-corrected chi connectivity index (χ0v) is 14.1. The number of hydrogen-bond donors (Lipinski definition) is 1. The topological polar surface area (TPSA) is 37.8 Å². The molecule has 0 fully saturated rings. The second kappa shape index (κ2) is 7.76. The summed E-state index contributed by atoms with van der Waals surface area (Å²) in [4.78, 5) is 9.82. The van der Waals surface area contributed by atoms with Crippen LogP contribution in [0.3, 0.4) is 0 Å². The number of aromatic nitrogens is 2. The monoisotopic (exact) mass is 351 g/mol. The highest BCUT2D eigenvalue weighted by Gasteiger charge is 2.06. The Morgan fingerprint density at radius 2 is 2.15 bits per heavy atom. The molecule has 0 unspecified atom stereocenters. The Kier molecular flexibility index (Phi) is 6.01. The first-order chi connectivity index (χ1) is 9.69. The van der Waals surface area contributed by atoms with E-state index in [0.29, 0.717) is 0 Å². The van der Waals surface area contributed by atoms with Crippen molar-refractivity contribution >= 4 is 27.7 Å². The third-order valence-corrected chi connectivity index (χ3v) is 4.60. The van der Waals surface area contributed by atoms with Crippen molar-refractivity contribution in [1.29, 1.82) is 0 Å². The Morgan fingerprint density at radius 3 is 2.85 bits per heavy atom. The van der Waals surface area contributed by atoms with Crippen LogP contribution in [0.5, 0.6) is 0 Å². The predicted molar refractivity (Wildman–Crippen MR) is 87.0 cm³/mol. The van der Waals surface area contributed by atoms with Crippen molar-refractivity contribution < 1.29 is 0 Å². The lowest BCUT2D eigenvalue weighted by atomic mass is 10.2. The first-order valence-electron chi connectivity index (χ1n) is 6.65. The first-order valence-corrected chi connectivity index (χ1v) is 8.26. The van der Waals surface area contributed by atoms with Gasteiger partial charge in [0, 0.05) is 27.8 Å². The number of nitrogens with one attached hydrogen (secondary N) is 1. The van der Waals surface area contributed by atoms with Crippen LogP contribution in [0.4, 0.5) is 0 Å². The Labute approximate surface area is 132 Å². The molecule has 0 aliphatic heterocycles. The van der Waals surface area contributed by atoms with Gasteiger partial charge in [0.05, 0.1) is 0 Å². The second-order valence-electron chi connectivity index (χ2n) is 4.52. The van der Waals surface area contributed by atoms with Gasteiger partial charge in [-0.25, -0.2) is 9.97 Å². The average molecular weight is 352 g/mol. The van der Waals surface area contributed by atoms with Crippen LogP contribution in [0, 0.1) is 6.92 Å². The van der Waals surface area contributed by atoms with Crippen molar-refractivity contribution in [2.24, 2.45) is 0 Å². The molecule has 5 heteroatoms. The molecule has 0 saturated heterocycles. The van der Waals surface area contributed by atoms with E-state index in [4.69, 9.17) is 0 Å². The minimum absolute atomic E-state index is 0.780. The Bertz CT molecular complexity index is 575. The molecule has 1 heterocycles. The molecule has 3 nitrogen and oxygen atoms in total. The smallest absolute Gasteiger partial charge is 0.192 e. The zero-order valence-electron chi connectivity index (χ0n) is 11.7. The molecule has 1 aromatic heterocycles. The van der Waals surface area contributed by atoms with Crippen molar-refractivity contribution in [2.45, 2.75) is 36.9 Å². The van der Waals surface area contributed by atoms with E-state index in [1.54, 1.807) is 18.0 Å². The largest absolute Gasteiger partial charge is 0.313 e. The normalized spacial score (nSPS) is 10.8. The lowest BCUT2D eigenvalue weighted by molar-refractivity contribution is 0.675. The standard InChI is InChI=1S/C15H18BrN3S/c1-3-7-17-10-12-4-5-14(13(16)9-12)20-15-18-8-6-11(2)19-15/h4-6,8-9,17H,3,7,10H2,1-2H3. The van der Waals surface area contributed by atoms with Crippen LogP contribution < -0.4 is 5.32 Å². The maximum absolute atomic E-state index is 4.41. The molecule has 0 bridgehead atoms. The Hall–Kier alpha value is -0.910. The van der Waals surface area contributed by atoms with Crippen molar-refractivity contribution in [2.75, 3.05) is 6.54 Å². The van der Waals surface area contributed by atoms with Crippen molar-refractivity contribution in [3.8, 4) is 0 Å². The second-order valence-corrected chi connectivity index (χ2v) is 6.39. The number of benzene rings is 1. The first kappa shape index (κ1) is 15.5. The zero-order chi connectivity index (χ0) is 14.4. The summed E-state index contributed by atoms with van der Waals surface area (Å²) in [5.74, 6) is 0. The summed E-state index contributed by atoms with van der Waals surface area (Å²) in [5.41, 5.74) is 2.26. The fraction of sp³-hybridized carbons (Fsp3) is 0.333. The predicted octanol–water partition coefficient (Wildman–Crippen LogP) is 4.20.